The zero-order chi connectivity index (χ0) is 24.4. The van der Waals surface area contributed by atoms with Gasteiger partial charge in [0.25, 0.3) is 17.4 Å². The second-order valence-electron chi connectivity index (χ2n) is 7.62. The molecule has 0 unspecified atom stereocenters. The Hall–Kier alpha value is -4.79. The van der Waals surface area contributed by atoms with Gasteiger partial charge in [-0.3, -0.25) is 29.4 Å². The van der Waals surface area contributed by atoms with Crippen molar-refractivity contribution in [3.63, 3.8) is 0 Å². The van der Waals surface area contributed by atoms with Gasteiger partial charge in [0.2, 0.25) is 5.91 Å². The van der Waals surface area contributed by atoms with Gasteiger partial charge in [-0.05, 0) is 29.8 Å². The van der Waals surface area contributed by atoms with Crippen molar-refractivity contribution in [2.24, 2.45) is 0 Å². The Morgan fingerprint density at radius 1 is 1.00 bits per heavy atom. The molecular weight excluding hydrogens is 438 g/mol. The highest BCUT2D eigenvalue weighted by Crippen LogP contribution is 2.43. The van der Waals surface area contributed by atoms with Gasteiger partial charge in [0.15, 0.2) is 0 Å². The summed E-state index contributed by atoms with van der Waals surface area (Å²) >= 11 is 0. The standard InChI is InChI=1S/C25H19N3O6/c1-15(29)26-18-10-12-19(13-11-18)27-22(17-8-5-9-20(14-17)28(33)34)21(24(31)25(27)32)23(30)16-6-3-2-4-7-16/h2-14,22,30H,1H3,(H,26,29)/b23-21+/t22-/m1/s1. The maximum absolute atomic E-state index is 13.1. The number of nitro benzene ring substituents is 1. The molecule has 3 aromatic carbocycles. The number of nitrogens with zero attached hydrogens (tertiary/aromatic N) is 2. The van der Waals surface area contributed by atoms with Gasteiger partial charge in [0.05, 0.1) is 16.5 Å². The van der Waals surface area contributed by atoms with Gasteiger partial charge >= 0.3 is 0 Å². The van der Waals surface area contributed by atoms with Crippen molar-refractivity contribution in [3.05, 3.63) is 106 Å². The Morgan fingerprint density at radius 3 is 2.29 bits per heavy atom. The molecule has 9 nitrogen and oxygen atoms in total. The topological polar surface area (TPSA) is 130 Å². The van der Waals surface area contributed by atoms with Crippen molar-refractivity contribution >= 4 is 40.4 Å². The van der Waals surface area contributed by atoms with Crippen LogP contribution in [0.4, 0.5) is 17.1 Å². The SMILES string of the molecule is CC(=O)Nc1ccc(N2C(=O)C(=O)/C(=C(/O)c3ccccc3)[C@H]2c2cccc([N+](=O)[O-])c2)cc1. The lowest BCUT2D eigenvalue weighted by Gasteiger charge is -2.25. The molecule has 1 saturated heterocycles. The summed E-state index contributed by atoms with van der Waals surface area (Å²) < 4.78 is 0. The molecule has 1 aliphatic rings. The lowest BCUT2D eigenvalue weighted by molar-refractivity contribution is -0.384. The van der Waals surface area contributed by atoms with Crippen molar-refractivity contribution < 1.29 is 24.4 Å². The van der Waals surface area contributed by atoms with Crippen LogP contribution in [-0.2, 0) is 14.4 Å². The van der Waals surface area contributed by atoms with Crippen LogP contribution in [0.2, 0.25) is 0 Å². The van der Waals surface area contributed by atoms with Crippen molar-refractivity contribution in [2.75, 3.05) is 10.2 Å². The second kappa shape index (κ2) is 8.99. The van der Waals surface area contributed by atoms with E-state index < -0.39 is 22.7 Å². The van der Waals surface area contributed by atoms with Crippen LogP contribution in [0.15, 0.2) is 84.4 Å². The average molecular weight is 457 g/mol. The Kier molecular flexibility index (Phi) is 5.92. The highest BCUT2D eigenvalue weighted by molar-refractivity contribution is 6.51. The summed E-state index contributed by atoms with van der Waals surface area (Å²) in [6.07, 6.45) is 0. The number of non-ortho nitro benzene ring substituents is 1. The molecule has 0 radical (unpaired) electrons. The van der Waals surface area contributed by atoms with Crippen LogP contribution in [0.25, 0.3) is 5.76 Å². The van der Waals surface area contributed by atoms with Crippen molar-refractivity contribution in [2.45, 2.75) is 13.0 Å². The summed E-state index contributed by atoms with van der Waals surface area (Å²) in [5, 5.41) is 25.0. The van der Waals surface area contributed by atoms with Crippen LogP contribution < -0.4 is 10.2 Å². The first-order chi connectivity index (χ1) is 16.3. The number of hydrogen-bond donors (Lipinski definition) is 2. The molecule has 0 saturated carbocycles. The van der Waals surface area contributed by atoms with E-state index in [1.165, 1.54) is 30.0 Å². The predicted octanol–water partition coefficient (Wildman–Crippen LogP) is 4.18. The first-order valence-corrected chi connectivity index (χ1v) is 10.3. The number of rotatable bonds is 5. The number of aliphatic hydroxyl groups is 1. The van der Waals surface area contributed by atoms with E-state index in [0.29, 0.717) is 16.9 Å². The number of ketones is 1. The van der Waals surface area contributed by atoms with E-state index in [-0.39, 0.29) is 28.5 Å². The molecule has 1 aliphatic heterocycles. The third-order valence-corrected chi connectivity index (χ3v) is 5.35. The maximum Gasteiger partial charge on any atom is 0.300 e. The number of anilines is 2. The van der Waals surface area contributed by atoms with Crippen molar-refractivity contribution in [1.29, 1.82) is 0 Å². The van der Waals surface area contributed by atoms with E-state index in [0.717, 1.165) is 0 Å². The normalized spacial score (nSPS) is 17.0. The lowest BCUT2D eigenvalue weighted by Crippen LogP contribution is -2.29. The smallest absolute Gasteiger partial charge is 0.300 e. The molecule has 0 spiro atoms. The Labute approximate surface area is 194 Å². The summed E-state index contributed by atoms with van der Waals surface area (Å²) in [5.41, 5.74) is 1.03. The number of benzene rings is 3. The fraction of sp³-hybridized carbons (Fsp3) is 0.0800. The highest BCUT2D eigenvalue weighted by atomic mass is 16.6. The van der Waals surface area contributed by atoms with Gasteiger partial charge in [-0.2, -0.15) is 0 Å². The molecule has 170 valence electrons. The van der Waals surface area contributed by atoms with E-state index in [2.05, 4.69) is 5.32 Å². The molecular formula is C25H19N3O6. The molecule has 4 rings (SSSR count). The summed E-state index contributed by atoms with van der Waals surface area (Å²) in [7, 11) is 0. The Balaban J connectivity index is 1.90. The second-order valence-corrected chi connectivity index (χ2v) is 7.62. The number of aliphatic hydroxyl groups excluding tert-OH is 1. The fourth-order valence-corrected chi connectivity index (χ4v) is 3.88. The van der Waals surface area contributed by atoms with Crippen molar-refractivity contribution in [1.82, 2.24) is 0 Å². The molecule has 1 atom stereocenters. The summed E-state index contributed by atoms with van der Waals surface area (Å²) in [6, 6.07) is 19.0. The van der Waals surface area contributed by atoms with Gasteiger partial charge in [-0.25, -0.2) is 0 Å². The number of hydrogen-bond acceptors (Lipinski definition) is 6. The minimum Gasteiger partial charge on any atom is -0.507 e. The Bertz CT molecular complexity index is 1330. The molecule has 2 N–H and O–H groups in total. The highest BCUT2D eigenvalue weighted by Gasteiger charge is 2.47. The van der Waals surface area contributed by atoms with Crippen LogP contribution >= 0.6 is 0 Å². The van der Waals surface area contributed by atoms with Crippen LogP contribution in [0.5, 0.6) is 0 Å². The van der Waals surface area contributed by atoms with E-state index in [1.807, 2.05) is 0 Å². The van der Waals surface area contributed by atoms with Crippen LogP contribution in [0.3, 0.4) is 0 Å². The number of nitro groups is 1. The van der Waals surface area contributed by atoms with E-state index >= 15 is 0 Å². The quantitative estimate of drug-likeness (QED) is 0.194. The largest absolute Gasteiger partial charge is 0.507 e. The molecule has 2 amide bonds. The fourth-order valence-electron chi connectivity index (χ4n) is 3.88. The molecule has 1 heterocycles. The zero-order valence-electron chi connectivity index (χ0n) is 18.0. The zero-order valence-corrected chi connectivity index (χ0v) is 18.0. The molecule has 0 bridgehead atoms. The van der Waals surface area contributed by atoms with Crippen LogP contribution in [0.1, 0.15) is 24.1 Å². The van der Waals surface area contributed by atoms with E-state index in [1.54, 1.807) is 60.7 Å². The molecule has 1 fully saturated rings. The number of carbonyl (C=O) groups excluding carboxylic acids is 3. The van der Waals surface area contributed by atoms with Gasteiger partial charge < -0.3 is 10.4 Å². The molecule has 3 aromatic rings. The van der Waals surface area contributed by atoms with Crippen molar-refractivity contribution in [3.8, 4) is 0 Å². The molecule has 34 heavy (non-hydrogen) atoms. The van der Waals surface area contributed by atoms with Gasteiger partial charge in [-0.15, -0.1) is 0 Å². The van der Waals surface area contributed by atoms with Crippen LogP contribution in [-0.4, -0.2) is 27.6 Å². The monoisotopic (exact) mass is 457 g/mol. The molecule has 9 heteroatoms. The van der Waals surface area contributed by atoms with E-state index in [4.69, 9.17) is 0 Å². The van der Waals surface area contributed by atoms with Gasteiger partial charge in [0.1, 0.15) is 5.76 Å². The number of amides is 2. The third-order valence-electron chi connectivity index (χ3n) is 5.35. The van der Waals surface area contributed by atoms with Gasteiger partial charge in [0, 0.05) is 36.0 Å². The number of Topliss-reactive ketones (excluding diaryl/α,β-unsaturated/α-hetero) is 1. The minimum atomic E-state index is -1.10. The third kappa shape index (κ3) is 4.14. The lowest BCUT2D eigenvalue weighted by atomic mass is 9.95. The maximum atomic E-state index is 13.1. The Morgan fingerprint density at radius 2 is 1.68 bits per heavy atom. The summed E-state index contributed by atoms with van der Waals surface area (Å²) in [6.45, 7) is 1.36. The first kappa shape index (κ1) is 22.4. The predicted molar refractivity (Wildman–Crippen MR) is 125 cm³/mol. The number of carbonyl (C=O) groups is 3. The first-order valence-electron chi connectivity index (χ1n) is 10.3. The molecule has 0 aromatic heterocycles. The number of nitrogens with one attached hydrogen (secondary N) is 1. The summed E-state index contributed by atoms with van der Waals surface area (Å²) in [4.78, 5) is 49.6. The van der Waals surface area contributed by atoms with E-state index in [9.17, 15) is 29.6 Å². The van der Waals surface area contributed by atoms with Gasteiger partial charge in [-0.1, -0.05) is 42.5 Å². The minimum absolute atomic E-state index is 0.178. The van der Waals surface area contributed by atoms with Crippen LogP contribution in [0, 0.1) is 10.1 Å². The molecule has 0 aliphatic carbocycles. The summed E-state index contributed by atoms with van der Waals surface area (Å²) in [5.74, 6) is -2.45. The average Bonchev–Trinajstić information content (AvgIpc) is 3.10.